The number of amides is 1. The van der Waals surface area contributed by atoms with Crippen LogP contribution in [-0.2, 0) is 6.54 Å². The van der Waals surface area contributed by atoms with Gasteiger partial charge in [-0.2, -0.15) is 0 Å². The number of aryl methyl sites for hydroxylation is 2. The van der Waals surface area contributed by atoms with Crippen LogP contribution in [0.5, 0.6) is 0 Å². The van der Waals surface area contributed by atoms with Crippen molar-refractivity contribution in [2.24, 2.45) is 0 Å². The van der Waals surface area contributed by atoms with Crippen LogP contribution in [0.3, 0.4) is 0 Å². The van der Waals surface area contributed by atoms with Crippen molar-refractivity contribution in [2.45, 2.75) is 26.8 Å². The number of carbonyl (C=O) groups excluding carboxylic acids is 1. The molecule has 0 atom stereocenters. The zero-order valence-electron chi connectivity index (χ0n) is 17.0. The van der Waals surface area contributed by atoms with Gasteiger partial charge in [0.1, 0.15) is 0 Å². The van der Waals surface area contributed by atoms with E-state index in [1.54, 1.807) is 0 Å². The summed E-state index contributed by atoms with van der Waals surface area (Å²) in [6.07, 6.45) is 0.881. The average Bonchev–Trinajstić information content (AvgIpc) is 2.76. The topological polar surface area (TPSA) is 58.4 Å². The molecule has 1 aliphatic heterocycles. The molecule has 0 unspecified atom stereocenters. The fraction of sp³-hybridized carbons (Fsp3) is 0.348. The summed E-state index contributed by atoms with van der Waals surface area (Å²) in [4.78, 5) is 34.4. The molecule has 1 amide bonds. The van der Waals surface area contributed by atoms with E-state index in [1.807, 2.05) is 69.8 Å². The van der Waals surface area contributed by atoms with Crippen molar-refractivity contribution in [2.75, 3.05) is 31.1 Å². The molecular weight excluding hydrogens is 364 g/mol. The van der Waals surface area contributed by atoms with E-state index < -0.39 is 0 Å². The molecular formula is C23H26N4O2. The van der Waals surface area contributed by atoms with Gasteiger partial charge in [0.15, 0.2) is 5.82 Å². The van der Waals surface area contributed by atoms with E-state index in [2.05, 4.69) is 11.9 Å². The van der Waals surface area contributed by atoms with E-state index in [0.29, 0.717) is 44.1 Å². The maximum absolute atomic E-state index is 13.1. The molecule has 0 N–H and O–H groups in total. The number of anilines is 1. The highest BCUT2D eigenvalue weighted by molar-refractivity contribution is 5.94. The third kappa shape index (κ3) is 3.75. The monoisotopic (exact) mass is 390 g/mol. The molecule has 29 heavy (non-hydrogen) atoms. The van der Waals surface area contributed by atoms with E-state index >= 15 is 0 Å². The number of aromatic nitrogens is 2. The predicted octanol–water partition coefficient (Wildman–Crippen LogP) is 3.08. The summed E-state index contributed by atoms with van der Waals surface area (Å²) in [5.74, 6) is 0.527. The van der Waals surface area contributed by atoms with E-state index in [9.17, 15) is 9.59 Å². The number of hydrogen-bond donors (Lipinski definition) is 0. The van der Waals surface area contributed by atoms with E-state index in [-0.39, 0.29) is 11.5 Å². The first-order valence-electron chi connectivity index (χ1n) is 10.2. The quantitative estimate of drug-likeness (QED) is 0.687. The number of rotatable bonds is 4. The number of nitrogens with zero attached hydrogens (tertiary/aromatic N) is 4. The van der Waals surface area contributed by atoms with Crippen molar-refractivity contribution in [3.05, 3.63) is 70.0 Å². The molecule has 150 valence electrons. The third-order valence-electron chi connectivity index (χ3n) is 5.45. The fourth-order valence-electron chi connectivity index (χ4n) is 3.83. The Balaban J connectivity index is 1.56. The standard InChI is InChI=1S/C23H26N4O2/c1-3-12-27-20-7-5-4-6-19(20)24-21(23(27)29)25-13-15-26(16-14-25)22(28)18-10-8-17(2)9-11-18/h4-11H,3,12-16H2,1-2H3. The van der Waals surface area contributed by atoms with Crippen molar-refractivity contribution in [1.29, 1.82) is 0 Å². The maximum atomic E-state index is 13.1. The van der Waals surface area contributed by atoms with Crippen LogP contribution in [-0.4, -0.2) is 46.5 Å². The summed E-state index contributed by atoms with van der Waals surface area (Å²) in [6, 6.07) is 15.4. The van der Waals surface area contributed by atoms with Gasteiger partial charge < -0.3 is 14.4 Å². The van der Waals surface area contributed by atoms with E-state index in [0.717, 1.165) is 23.0 Å². The maximum Gasteiger partial charge on any atom is 0.294 e. The van der Waals surface area contributed by atoms with Crippen LogP contribution >= 0.6 is 0 Å². The number of para-hydroxylation sites is 2. The Hall–Kier alpha value is -3.15. The third-order valence-corrected chi connectivity index (χ3v) is 5.45. The van der Waals surface area contributed by atoms with Crippen molar-refractivity contribution in [3.8, 4) is 0 Å². The van der Waals surface area contributed by atoms with Gasteiger partial charge in [0.05, 0.1) is 11.0 Å². The zero-order chi connectivity index (χ0) is 20.4. The first-order valence-corrected chi connectivity index (χ1v) is 10.2. The Morgan fingerprint density at radius 1 is 1.00 bits per heavy atom. The first-order chi connectivity index (χ1) is 14.1. The highest BCUT2D eigenvalue weighted by Gasteiger charge is 2.25. The van der Waals surface area contributed by atoms with Crippen LogP contribution in [0, 0.1) is 6.92 Å². The molecule has 1 aromatic heterocycles. The zero-order valence-corrected chi connectivity index (χ0v) is 17.0. The lowest BCUT2D eigenvalue weighted by atomic mass is 10.1. The molecule has 1 fully saturated rings. The molecule has 3 aromatic rings. The number of carbonyl (C=O) groups is 1. The van der Waals surface area contributed by atoms with Crippen molar-refractivity contribution < 1.29 is 4.79 Å². The molecule has 0 saturated carbocycles. The van der Waals surface area contributed by atoms with Gasteiger partial charge in [-0.15, -0.1) is 0 Å². The molecule has 1 aliphatic rings. The number of piperazine rings is 1. The minimum atomic E-state index is -0.0520. The Labute approximate surface area is 170 Å². The summed E-state index contributed by atoms with van der Waals surface area (Å²) in [7, 11) is 0. The predicted molar refractivity (Wildman–Crippen MR) is 116 cm³/mol. The lowest BCUT2D eigenvalue weighted by Crippen LogP contribution is -2.50. The molecule has 0 aliphatic carbocycles. The van der Waals surface area contributed by atoms with Gasteiger partial charge in [0, 0.05) is 38.3 Å². The van der Waals surface area contributed by atoms with Gasteiger partial charge in [0.25, 0.3) is 11.5 Å². The SMILES string of the molecule is CCCn1c(=O)c(N2CCN(C(=O)c3ccc(C)cc3)CC2)nc2ccccc21. The van der Waals surface area contributed by atoms with Crippen molar-refractivity contribution >= 4 is 22.8 Å². The van der Waals surface area contributed by atoms with Gasteiger partial charge in [-0.05, 0) is 37.6 Å². The molecule has 2 heterocycles. The summed E-state index contributed by atoms with van der Waals surface area (Å²) in [5, 5.41) is 0. The number of benzene rings is 2. The molecule has 1 saturated heterocycles. The van der Waals surface area contributed by atoms with Gasteiger partial charge in [-0.3, -0.25) is 9.59 Å². The lowest BCUT2D eigenvalue weighted by molar-refractivity contribution is 0.0746. The molecule has 0 spiro atoms. The molecule has 6 heteroatoms. The number of hydrogen-bond acceptors (Lipinski definition) is 4. The van der Waals surface area contributed by atoms with E-state index in [1.165, 1.54) is 0 Å². The molecule has 6 nitrogen and oxygen atoms in total. The summed E-state index contributed by atoms with van der Waals surface area (Å²) in [6.45, 7) is 7.10. The summed E-state index contributed by atoms with van der Waals surface area (Å²) in [5.41, 5.74) is 3.49. The van der Waals surface area contributed by atoms with Crippen LogP contribution in [0.1, 0.15) is 29.3 Å². The Morgan fingerprint density at radius 2 is 1.69 bits per heavy atom. The first kappa shape index (κ1) is 19.2. The van der Waals surface area contributed by atoms with Gasteiger partial charge in [-0.25, -0.2) is 4.98 Å². The van der Waals surface area contributed by atoms with Gasteiger partial charge in [-0.1, -0.05) is 36.8 Å². The second-order valence-electron chi connectivity index (χ2n) is 7.53. The average molecular weight is 390 g/mol. The van der Waals surface area contributed by atoms with Crippen molar-refractivity contribution in [3.63, 3.8) is 0 Å². The van der Waals surface area contributed by atoms with Crippen molar-refractivity contribution in [1.82, 2.24) is 14.5 Å². The van der Waals surface area contributed by atoms with Crippen LogP contribution in [0.15, 0.2) is 53.3 Å². The highest BCUT2D eigenvalue weighted by Crippen LogP contribution is 2.17. The van der Waals surface area contributed by atoms with E-state index in [4.69, 9.17) is 0 Å². The Kier molecular flexibility index (Phi) is 5.34. The smallest absolute Gasteiger partial charge is 0.294 e. The molecule has 0 radical (unpaired) electrons. The van der Waals surface area contributed by atoms with Crippen LogP contribution in [0.4, 0.5) is 5.82 Å². The van der Waals surface area contributed by atoms with Crippen LogP contribution in [0.2, 0.25) is 0 Å². The second-order valence-corrected chi connectivity index (χ2v) is 7.53. The minimum absolute atomic E-state index is 0.0412. The Bertz CT molecular complexity index is 1080. The van der Waals surface area contributed by atoms with Crippen LogP contribution in [0.25, 0.3) is 11.0 Å². The van der Waals surface area contributed by atoms with Gasteiger partial charge in [0.2, 0.25) is 0 Å². The molecule has 2 aromatic carbocycles. The minimum Gasteiger partial charge on any atom is -0.348 e. The van der Waals surface area contributed by atoms with Crippen LogP contribution < -0.4 is 10.5 Å². The molecule has 4 rings (SSSR count). The second kappa shape index (κ2) is 8.07. The highest BCUT2D eigenvalue weighted by atomic mass is 16.2. The fourth-order valence-corrected chi connectivity index (χ4v) is 3.83. The Morgan fingerprint density at radius 3 is 2.38 bits per heavy atom. The summed E-state index contributed by atoms with van der Waals surface area (Å²) < 4.78 is 1.82. The summed E-state index contributed by atoms with van der Waals surface area (Å²) >= 11 is 0. The molecule has 0 bridgehead atoms. The normalized spacial score (nSPS) is 14.4. The lowest BCUT2D eigenvalue weighted by Gasteiger charge is -2.35. The number of fused-ring (bicyclic) bond motifs is 1. The largest absolute Gasteiger partial charge is 0.348 e. The van der Waals surface area contributed by atoms with Gasteiger partial charge >= 0.3 is 0 Å².